The minimum absolute atomic E-state index is 1.11. The van der Waals surface area contributed by atoms with Crippen molar-refractivity contribution >= 4 is 77.7 Å². The Labute approximate surface area is 518 Å². The molecule has 0 bridgehead atoms. The number of aryl methyl sites for hydroxylation is 1. The van der Waals surface area contributed by atoms with Crippen LogP contribution in [0.4, 0.5) is 34.1 Å². The van der Waals surface area contributed by atoms with Crippen LogP contribution in [0.3, 0.4) is 0 Å². The minimum Gasteiger partial charge on any atom is -0.310 e. The Balaban J connectivity index is 0.000000149. The zero-order valence-electron chi connectivity index (χ0n) is 49.1. The molecule has 0 fully saturated rings. The first-order chi connectivity index (χ1) is 44.1. The van der Waals surface area contributed by atoms with E-state index in [2.05, 4.69) is 333 Å². The van der Waals surface area contributed by atoms with Crippen molar-refractivity contribution in [1.29, 1.82) is 0 Å². The molecule has 4 aromatic heterocycles. The van der Waals surface area contributed by atoms with Gasteiger partial charge in [-0.15, -0.1) is 0 Å². The lowest BCUT2D eigenvalue weighted by Crippen LogP contribution is -2.10. The molecule has 0 atom stereocenters. The fourth-order valence-electron chi connectivity index (χ4n) is 12.7. The van der Waals surface area contributed by atoms with E-state index in [0.29, 0.717) is 0 Å². The van der Waals surface area contributed by atoms with Crippen LogP contribution >= 0.6 is 0 Å². The van der Waals surface area contributed by atoms with Gasteiger partial charge in [0.05, 0.1) is 33.4 Å². The Morgan fingerprint density at radius 1 is 0.247 bits per heavy atom. The molecule has 0 amide bonds. The fraction of sp³-hybridized carbons (Fsp3) is 0.0120. The van der Waals surface area contributed by atoms with E-state index in [9.17, 15) is 0 Å². The van der Waals surface area contributed by atoms with Crippen LogP contribution in [0, 0.1) is 6.92 Å². The van der Waals surface area contributed by atoms with Crippen molar-refractivity contribution in [3.05, 3.63) is 352 Å². The second-order valence-corrected chi connectivity index (χ2v) is 22.3. The highest BCUT2D eigenvalue weighted by Crippen LogP contribution is 2.47. The predicted molar refractivity (Wildman–Crippen MR) is 373 cm³/mol. The van der Waals surface area contributed by atoms with Crippen LogP contribution in [0.5, 0.6) is 0 Å². The van der Waals surface area contributed by atoms with Crippen molar-refractivity contribution in [1.82, 2.24) is 19.1 Å². The molecule has 0 aliphatic heterocycles. The molecule has 89 heavy (non-hydrogen) atoms. The van der Waals surface area contributed by atoms with Gasteiger partial charge in [0.2, 0.25) is 0 Å². The number of para-hydroxylation sites is 3. The number of nitrogens with zero attached hydrogens (tertiary/aromatic N) is 6. The lowest BCUT2D eigenvalue weighted by atomic mass is 10.0. The Kier molecular flexibility index (Phi) is 14.5. The first-order valence-electron chi connectivity index (χ1n) is 30.2. The van der Waals surface area contributed by atoms with Crippen molar-refractivity contribution in [2.75, 3.05) is 9.80 Å². The van der Waals surface area contributed by atoms with Gasteiger partial charge in [0.15, 0.2) is 0 Å². The molecule has 0 unspecified atom stereocenters. The van der Waals surface area contributed by atoms with E-state index in [1.54, 1.807) is 0 Å². The summed E-state index contributed by atoms with van der Waals surface area (Å²) in [6.45, 7) is 2.14. The summed E-state index contributed by atoms with van der Waals surface area (Å²) in [6, 6.07) is 115. The average Bonchev–Trinajstić information content (AvgIpc) is 1.74. The number of pyridine rings is 2. The smallest absolute Gasteiger partial charge is 0.0562 e. The molecule has 0 saturated heterocycles. The summed E-state index contributed by atoms with van der Waals surface area (Å²) in [6.07, 6.45) is 7.36. The van der Waals surface area contributed by atoms with Crippen LogP contribution in [-0.2, 0) is 0 Å². The molecule has 0 N–H and O–H groups in total. The van der Waals surface area contributed by atoms with Crippen molar-refractivity contribution in [2.45, 2.75) is 6.92 Å². The van der Waals surface area contributed by atoms with E-state index in [-0.39, 0.29) is 0 Å². The summed E-state index contributed by atoms with van der Waals surface area (Å²) in [5, 5.41) is 4.88. The first-order valence-corrected chi connectivity index (χ1v) is 30.2. The molecule has 6 nitrogen and oxygen atoms in total. The molecule has 6 heteroatoms. The molecule has 16 rings (SSSR count). The predicted octanol–water partition coefficient (Wildman–Crippen LogP) is 22.3. The summed E-state index contributed by atoms with van der Waals surface area (Å²) in [5.74, 6) is 0. The Bertz CT molecular complexity index is 5100. The molecule has 0 spiro atoms. The van der Waals surface area contributed by atoms with Crippen LogP contribution in [0.1, 0.15) is 5.56 Å². The molecule has 422 valence electrons. The van der Waals surface area contributed by atoms with E-state index >= 15 is 0 Å². The second kappa shape index (κ2) is 23.9. The zero-order valence-corrected chi connectivity index (χ0v) is 49.1. The molecule has 0 aliphatic carbocycles. The molecule has 0 saturated carbocycles. The number of hydrogen-bond donors (Lipinski definition) is 0. The van der Waals surface area contributed by atoms with Gasteiger partial charge < -0.3 is 18.9 Å². The quantitative estimate of drug-likeness (QED) is 0.122. The SMILES string of the molecule is Cc1ccc(N(c2cccc(-c3ccccc3)c2)c2cccc3c2c2ccccc2n3-c2ccc(-c3ccncc3)cc2)cc1.c1ccc(-c2cccc(N(c3ccccc3)c3cccc4c3c3ccccc3n4-c3ccc(-c4ccncc4)cc3)c2)cc1. The molecule has 0 aliphatic rings. The highest BCUT2D eigenvalue weighted by Gasteiger charge is 2.24. The molecule has 12 aromatic carbocycles. The summed E-state index contributed by atoms with van der Waals surface area (Å²) in [4.78, 5) is 13.1. The van der Waals surface area contributed by atoms with Gasteiger partial charge in [-0.05, 0) is 185 Å². The maximum Gasteiger partial charge on any atom is 0.0562 e. The van der Waals surface area contributed by atoms with E-state index < -0.39 is 0 Å². The highest BCUT2D eigenvalue weighted by molar-refractivity contribution is 6.18. The highest BCUT2D eigenvalue weighted by atomic mass is 15.2. The van der Waals surface area contributed by atoms with Crippen molar-refractivity contribution in [3.63, 3.8) is 0 Å². The minimum atomic E-state index is 1.11. The summed E-state index contributed by atoms with van der Waals surface area (Å²) < 4.78 is 4.77. The van der Waals surface area contributed by atoms with Gasteiger partial charge in [-0.1, -0.05) is 194 Å². The number of anilines is 6. The lowest BCUT2D eigenvalue weighted by molar-refractivity contribution is 1.18. The van der Waals surface area contributed by atoms with Gasteiger partial charge in [-0.3, -0.25) is 9.97 Å². The Hall–Kier alpha value is -11.9. The van der Waals surface area contributed by atoms with Crippen LogP contribution in [0.15, 0.2) is 346 Å². The van der Waals surface area contributed by atoms with Crippen LogP contribution < -0.4 is 9.80 Å². The van der Waals surface area contributed by atoms with Crippen LogP contribution in [0.25, 0.3) is 99.5 Å². The number of hydrogen-bond acceptors (Lipinski definition) is 4. The molecular formula is C83H60N6. The maximum absolute atomic E-state index is 4.18. The largest absolute Gasteiger partial charge is 0.310 e. The Morgan fingerprint density at radius 3 is 1.01 bits per heavy atom. The van der Waals surface area contributed by atoms with E-state index in [1.807, 2.05) is 49.1 Å². The maximum atomic E-state index is 4.18. The van der Waals surface area contributed by atoms with Gasteiger partial charge in [0.25, 0.3) is 0 Å². The van der Waals surface area contributed by atoms with Crippen molar-refractivity contribution in [2.24, 2.45) is 0 Å². The van der Waals surface area contributed by atoms with Gasteiger partial charge in [-0.25, -0.2) is 0 Å². The second-order valence-electron chi connectivity index (χ2n) is 22.3. The normalized spacial score (nSPS) is 11.2. The van der Waals surface area contributed by atoms with E-state index in [1.165, 1.54) is 82.6 Å². The van der Waals surface area contributed by atoms with E-state index in [4.69, 9.17) is 0 Å². The number of rotatable bonds is 12. The van der Waals surface area contributed by atoms with Gasteiger partial charge in [0.1, 0.15) is 0 Å². The summed E-state index contributed by atoms with van der Waals surface area (Å²) >= 11 is 0. The number of benzene rings is 12. The lowest BCUT2D eigenvalue weighted by Gasteiger charge is -2.27. The third-order valence-corrected chi connectivity index (χ3v) is 16.8. The van der Waals surface area contributed by atoms with E-state index in [0.717, 1.165) is 56.6 Å². The number of aromatic nitrogens is 4. The van der Waals surface area contributed by atoms with Crippen molar-refractivity contribution < 1.29 is 0 Å². The molecule has 0 radical (unpaired) electrons. The standard InChI is InChI=1S/C42H31N3.C41H29N3/c1-30-17-21-35(22-18-30)44(37-12-7-11-34(29-37)31-9-3-2-4-10-31)40-15-8-16-41-42(40)38-13-5-6-14-39(38)45(41)36-23-19-32(20-24-36)33-25-27-43-28-26-33;1-3-11-30(12-4-1)33-13-9-16-36(29-33)43(34-14-5-2-6-15-34)39-19-10-20-40-41(39)37-17-7-8-18-38(37)44(40)35-23-21-31(22-24-35)32-25-27-42-28-26-32/h2-29H,1H3;1-29H. The topological polar surface area (TPSA) is 42.1 Å². The third kappa shape index (κ3) is 10.4. The fourth-order valence-corrected chi connectivity index (χ4v) is 12.7. The summed E-state index contributed by atoms with van der Waals surface area (Å²) in [7, 11) is 0. The molecule has 16 aromatic rings. The molecule has 4 heterocycles. The zero-order chi connectivity index (χ0) is 59.5. The molecular weight excluding hydrogens is 1080 g/mol. The van der Waals surface area contributed by atoms with Gasteiger partial charge in [0, 0.05) is 80.5 Å². The third-order valence-electron chi connectivity index (χ3n) is 16.8. The van der Waals surface area contributed by atoms with Gasteiger partial charge >= 0.3 is 0 Å². The van der Waals surface area contributed by atoms with Crippen molar-refractivity contribution in [3.8, 4) is 55.9 Å². The van der Waals surface area contributed by atoms with Crippen LogP contribution in [0.2, 0.25) is 0 Å². The first kappa shape index (κ1) is 53.8. The van der Waals surface area contributed by atoms with Gasteiger partial charge in [-0.2, -0.15) is 0 Å². The van der Waals surface area contributed by atoms with Crippen LogP contribution in [-0.4, -0.2) is 19.1 Å². The average molecular weight is 1140 g/mol. The monoisotopic (exact) mass is 1140 g/mol. The Morgan fingerprint density at radius 2 is 0.573 bits per heavy atom. The number of fused-ring (bicyclic) bond motifs is 6. The summed E-state index contributed by atoms with van der Waals surface area (Å²) in [5.41, 5.74) is 24.4.